The number of allylic oxidation sites excluding steroid dienone is 2. The van der Waals surface area contributed by atoms with Crippen LogP contribution in [0.1, 0.15) is 40.5 Å². The zero-order valence-electron chi connectivity index (χ0n) is 18.8. The lowest BCUT2D eigenvalue weighted by atomic mass is 9.79. The number of rotatable bonds is 4. The van der Waals surface area contributed by atoms with E-state index in [9.17, 15) is 0 Å². The van der Waals surface area contributed by atoms with Gasteiger partial charge in [0.15, 0.2) is 6.29 Å². The highest BCUT2D eigenvalue weighted by molar-refractivity contribution is 6.65. The molecule has 2 saturated heterocycles. The third-order valence-electron chi connectivity index (χ3n) is 6.89. The normalized spacial score (nSPS) is 27.6. The molecule has 3 aliphatic rings. The summed E-state index contributed by atoms with van der Waals surface area (Å²) in [6, 6.07) is 4.05. The molecule has 2 aromatic heterocycles. The van der Waals surface area contributed by atoms with Gasteiger partial charge < -0.3 is 23.3 Å². The maximum Gasteiger partial charge on any atom is 0.497 e. The van der Waals surface area contributed by atoms with Crippen LogP contribution in [-0.2, 0) is 25.3 Å². The van der Waals surface area contributed by atoms with E-state index in [1.807, 2.05) is 12.3 Å². The maximum atomic E-state index is 6.32. The molecule has 6 nitrogen and oxygen atoms in total. The van der Waals surface area contributed by atoms with Crippen LogP contribution < -0.4 is 5.46 Å². The zero-order valence-corrected chi connectivity index (χ0v) is 18.8. The quantitative estimate of drug-likeness (QED) is 0.705. The predicted molar refractivity (Wildman–Crippen MR) is 121 cm³/mol. The molecule has 1 aliphatic carbocycles. The molecule has 0 radical (unpaired) electrons. The summed E-state index contributed by atoms with van der Waals surface area (Å²) >= 11 is 0. The number of aromatic nitrogens is 2. The monoisotopic (exact) mass is 422 g/mol. The molecule has 164 valence electrons. The van der Waals surface area contributed by atoms with Crippen LogP contribution in [0.2, 0.25) is 0 Å². The lowest BCUT2D eigenvalue weighted by molar-refractivity contribution is -0.180. The van der Waals surface area contributed by atoms with E-state index in [-0.39, 0.29) is 23.4 Å². The molecule has 0 atom stereocenters. The molecule has 5 rings (SSSR count). The first kappa shape index (κ1) is 20.9. The van der Waals surface area contributed by atoms with Crippen molar-refractivity contribution < 1.29 is 18.8 Å². The summed E-state index contributed by atoms with van der Waals surface area (Å²) in [5.74, 6) is 0.258. The second-order valence-electron chi connectivity index (χ2n) is 9.75. The first-order valence-corrected chi connectivity index (χ1v) is 11.2. The number of hydrogen-bond donors (Lipinski definition) is 0. The lowest BCUT2D eigenvalue weighted by Gasteiger charge is -2.32. The van der Waals surface area contributed by atoms with Gasteiger partial charge in [-0.05, 0) is 46.6 Å². The molecule has 2 fully saturated rings. The third kappa shape index (κ3) is 3.89. The molecule has 0 saturated carbocycles. The minimum absolute atomic E-state index is 0.243. The zero-order chi connectivity index (χ0) is 21.6. The largest absolute Gasteiger partial charge is 0.497 e. The van der Waals surface area contributed by atoms with Crippen molar-refractivity contribution in [2.45, 2.75) is 64.6 Å². The van der Waals surface area contributed by atoms with E-state index < -0.39 is 7.12 Å². The molecular formula is C24H31BN2O4. The number of hydrogen-bond acceptors (Lipinski definition) is 5. The van der Waals surface area contributed by atoms with Crippen LogP contribution in [0.25, 0.3) is 11.0 Å². The number of ether oxygens (including phenoxy) is 2. The van der Waals surface area contributed by atoms with E-state index in [2.05, 4.69) is 67.7 Å². The molecule has 0 spiro atoms. The average molecular weight is 422 g/mol. The lowest BCUT2D eigenvalue weighted by Crippen LogP contribution is -2.41. The Bertz CT molecular complexity index is 1000. The first-order valence-electron chi connectivity index (χ1n) is 11.2. The van der Waals surface area contributed by atoms with Crippen LogP contribution in [0.15, 0.2) is 48.3 Å². The SMILES string of the molecule is CC1(C)OB(c2cn(CC3COC(C4=CCCC=C4)OC3)c3ncccc23)OC1(C)C. The Morgan fingerprint density at radius 2 is 1.84 bits per heavy atom. The Morgan fingerprint density at radius 3 is 2.52 bits per heavy atom. The van der Waals surface area contributed by atoms with Gasteiger partial charge in [0.05, 0.1) is 24.4 Å². The van der Waals surface area contributed by atoms with Gasteiger partial charge in [0.25, 0.3) is 0 Å². The highest BCUT2D eigenvalue weighted by Gasteiger charge is 2.52. The van der Waals surface area contributed by atoms with Crippen molar-refractivity contribution in [2.24, 2.45) is 5.92 Å². The Balaban J connectivity index is 1.34. The summed E-state index contributed by atoms with van der Waals surface area (Å²) in [5.41, 5.74) is 2.34. The van der Waals surface area contributed by atoms with Crippen molar-refractivity contribution >= 4 is 23.6 Å². The van der Waals surface area contributed by atoms with Gasteiger partial charge in [0, 0.05) is 41.3 Å². The highest BCUT2D eigenvalue weighted by atomic mass is 16.7. The molecule has 2 aliphatic heterocycles. The van der Waals surface area contributed by atoms with Crippen LogP contribution in [0.5, 0.6) is 0 Å². The minimum atomic E-state index is -0.411. The van der Waals surface area contributed by atoms with E-state index in [0.29, 0.717) is 13.2 Å². The van der Waals surface area contributed by atoms with Gasteiger partial charge in [-0.1, -0.05) is 24.3 Å². The molecule has 7 heteroatoms. The summed E-state index contributed by atoms with van der Waals surface area (Å²) < 4.78 is 26.9. The Hall–Kier alpha value is -1.93. The average Bonchev–Trinajstić information content (AvgIpc) is 3.23. The summed E-state index contributed by atoms with van der Waals surface area (Å²) in [7, 11) is -0.411. The molecule has 0 amide bonds. The molecule has 2 aromatic rings. The van der Waals surface area contributed by atoms with Gasteiger partial charge in [0.1, 0.15) is 5.65 Å². The first-order chi connectivity index (χ1) is 14.8. The van der Waals surface area contributed by atoms with E-state index in [1.54, 1.807) is 0 Å². The van der Waals surface area contributed by atoms with Gasteiger partial charge in [0.2, 0.25) is 0 Å². The number of pyridine rings is 1. The van der Waals surface area contributed by atoms with Crippen LogP contribution >= 0.6 is 0 Å². The molecule has 0 unspecified atom stereocenters. The van der Waals surface area contributed by atoms with Gasteiger partial charge in [-0.15, -0.1) is 0 Å². The van der Waals surface area contributed by atoms with Gasteiger partial charge in [-0.3, -0.25) is 0 Å². The van der Waals surface area contributed by atoms with Crippen LogP contribution in [-0.4, -0.2) is 47.4 Å². The van der Waals surface area contributed by atoms with Crippen molar-refractivity contribution in [1.29, 1.82) is 0 Å². The molecule has 0 aromatic carbocycles. The summed E-state index contributed by atoms with van der Waals surface area (Å²) in [6.07, 6.45) is 12.4. The molecular weight excluding hydrogens is 391 g/mol. The summed E-state index contributed by atoms with van der Waals surface area (Å²) in [5, 5.41) is 1.06. The summed E-state index contributed by atoms with van der Waals surface area (Å²) in [6.45, 7) is 10.4. The van der Waals surface area contributed by atoms with Gasteiger partial charge in [-0.25, -0.2) is 4.98 Å². The molecule has 4 heterocycles. The standard InChI is InChI=1S/C24H31BN2O4/c1-23(2)24(3,4)31-25(30-23)20-14-27(21-19(20)11-8-12-26-21)13-17-15-28-22(29-16-17)18-9-6-5-7-10-18/h6,8-12,14,17,22H,5,7,13,15-16H2,1-4H3. The molecule has 0 bridgehead atoms. The van der Waals surface area contributed by atoms with Gasteiger partial charge >= 0.3 is 7.12 Å². The second kappa shape index (κ2) is 7.89. The Labute approximate surface area is 184 Å². The van der Waals surface area contributed by atoms with Crippen molar-refractivity contribution in [1.82, 2.24) is 9.55 Å². The number of nitrogens with zero attached hydrogens (tertiary/aromatic N) is 2. The smallest absolute Gasteiger partial charge is 0.399 e. The number of fused-ring (bicyclic) bond motifs is 1. The Morgan fingerprint density at radius 1 is 1.10 bits per heavy atom. The van der Waals surface area contributed by atoms with Gasteiger partial charge in [-0.2, -0.15) is 0 Å². The topological polar surface area (TPSA) is 54.7 Å². The Kier molecular flexibility index (Phi) is 5.33. The fraction of sp³-hybridized carbons (Fsp3) is 0.542. The van der Waals surface area contributed by atoms with E-state index in [0.717, 1.165) is 41.5 Å². The molecule has 0 N–H and O–H groups in total. The van der Waals surface area contributed by atoms with Crippen LogP contribution in [0, 0.1) is 5.92 Å². The minimum Gasteiger partial charge on any atom is -0.399 e. The van der Waals surface area contributed by atoms with E-state index in [4.69, 9.17) is 18.8 Å². The van der Waals surface area contributed by atoms with Crippen molar-refractivity contribution in [3.8, 4) is 0 Å². The fourth-order valence-electron chi connectivity index (χ4n) is 4.37. The fourth-order valence-corrected chi connectivity index (χ4v) is 4.37. The third-order valence-corrected chi connectivity index (χ3v) is 6.89. The van der Waals surface area contributed by atoms with Crippen molar-refractivity contribution in [3.63, 3.8) is 0 Å². The van der Waals surface area contributed by atoms with Crippen molar-refractivity contribution in [2.75, 3.05) is 13.2 Å². The summed E-state index contributed by atoms with van der Waals surface area (Å²) in [4.78, 5) is 4.65. The second-order valence-corrected chi connectivity index (χ2v) is 9.75. The van der Waals surface area contributed by atoms with E-state index in [1.165, 1.54) is 0 Å². The predicted octanol–water partition coefficient (Wildman–Crippen LogP) is 3.60. The highest BCUT2D eigenvalue weighted by Crippen LogP contribution is 2.37. The van der Waals surface area contributed by atoms with Crippen molar-refractivity contribution in [3.05, 3.63) is 48.3 Å². The molecule has 31 heavy (non-hydrogen) atoms. The maximum absolute atomic E-state index is 6.32. The van der Waals surface area contributed by atoms with E-state index >= 15 is 0 Å². The van der Waals surface area contributed by atoms with Crippen LogP contribution in [0.4, 0.5) is 0 Å². The van der Waals surface area contributed by atoms with Crippen LogP contribution in [0.3, 0.4) is 0 Å².